The van der Waals surface area contributed by atoms with Gasteiger partial charge in [0.15, 0.2) is 0 Å². The van der Waals surface area contributed by atoms with Crippen LogP contribution in [0.2, 0.25) is 0 Å². The van der Waals surface area contributed by atoms with Crippen LogP contribution in [0.25, 0.3) is 0 Å². The fourth-order valence-corrected chi connectivity index (χ4v) is 1.15. The molecule has 1 aliphatic carbocycles. The number of hydrogen-bond donors (Lipinski definition) is 1. The van der Waals surface area contributed by atoms with Crippen LogP contribution in [0.3, 0.4) is 0 Å². The Kier molecular flexibility index (Phi) is 3.25. The lowest BCUT2D eigenvalue weighted by Crippen LogP contribution is -2.27. The Morgan fingerprint density at radius 3 is 2.80 bits per heavy atom. The summed E-state index contributed by atoms with van der Waals surface area (Å²) in [5.74, 6) is 0.915. The summed E-state index contributed by atoms with van der Waals surface area (Å²) in [6.45, 7) is 1.99. The van der Waals surface area contributed by atoms with Crippen LogP contribution in [0, 0.1) is 17.2 Å². The first-order chi connectivity index (χ1) is 4.93. The number of nitrogens with zero attached hydrogens (tertiary/aromatic N) is 1. The topological polar surface area (TPSA) is 35.8 Å². The van der Waals surface area contributed by atoms with Crippen LogP contribution >= 0.6 is 0 Å². The molecule has 0 amide bonds. The Hall–Kier alpha value is -0.550. The summed E-state index contributed by atoms with van der Waals surface area (Å²) < 4.78 is 0. The first kappa shape index (κ1) is 7.56. The Morgan fingerprint density at radius 2 is 2.30 bits per heavy atom. The fraction of sp³-hybridized carbons (Fsp3) is 0.875. The zero-order valence-electron chi connectivity index (χ0n) is 6.27. The van der Waals surface area contributed by atoms with Crippen LogP contribution < -0.4 is 5.32 Å². The predicted molar refractivity (Wildman–Crippen MR) is 40.4 cm³/mol. The Bertz CT molecular complexity index is 122. The van der Waals surface area contributed by atoms with Crippen LogP contribution in [0.1, 0.15) is 25.7 Å². The number of nitriles is 1. The molecule has 1 saturated carbocycles. The molecule has 1 aliphatic rings. The lowest BCUT2D eigenvalue weighted by Gasteiger charge is -2.25. The van der Waals surface area contributed by atoms with Gasteiger partial charge >= 0.3 is 0 Å². The van der Waals surface area contributed by atoms with Gasteiger partial charge in [-0.3, -0.25) is 0 Å². The second-order valence-electron chi connectivity index (χ2n) is 2.91. The summed E-state index contributed by atoms with van der Waals surface area (Å²) in [5, 5.41) is 11.5. The van der Waals surface area contributed by atoms with Gasteiger partial charge in [0, 0.05) is 13.0 Å². The van der Waals surface area contributed by atoms with Crippen molar-refractivity contribution >= 4 is 0 Å². The number of nitrogens with one attached hydrogen (secondary N) is 1. The Morgan fingerprint density at radius 1 is 1.50 bits per heavy atom. The van der Waals surface area contributed by atoms with Gasteiger partial charge in [0.05, 0.1) is 6.07 Å². The molecule has 0 aromatic rings. The molecule has 0 aromatic carbocycles. The normalized spacial score (nSPS) is 17.9. The molecule has 0 aliphatic heterocycles. The minimum absolute atomic E-state index is 0.646. The molecule has 0 atom stereocenters. The molecule has 56 valence electrons. The highest BCUT2D eigenvalue weighted by Gasteiger charge is 2.15. The van der Waals surface area contributed by atoms with Crippen molar-refractivity contribution in [2.75, 3.05) is 13.1 Å². The highest BCUT2D eigenvalue weighted by atomic mass is 14.9. The van der Waals surface area contributed by atoms with Crippen molar-refractivity contribution in [1.82, 2.24) is 5.32 Å². The maximum Gasteiger partial charge on any atom is 0.0635 e. The van der Waals surface area contributed by atoms with E-state index in [1.165, 1.54) is 19.3 Å². The third kappa shape index (κ3) is 2.36. The summed E-state index contributed by atoms with van der Waals surface area (Å²) in [4.78, 5) is 0. The average Bonchev–Trinajstić information content (AvgIpc) is 1.84. The second-order valence-corrected chi connectivity index (χ2v) is 2.91. The van der Waals surface area contributed by atoms with Crippen LogP contribution in [0.4, 0.5) is 0 Å². The molecule has 0 spiro atoms. The van der Waals surface area contributed by atoms with E-state index in [0.29, 0.717) is 6.42 Å². The van der Waals surface area contributed by atoms with E-state index < -0.39 is 0 Å². The van der Waals surface area contributed by atoms with E-state index in [1.54, 1.807) is 0 Å². The van der Waals surface area contributed by atoms with E-state index in [-0.39, 0.29) is 0 Å². The summed E-state index contributed by atoms with van der Waals surface area (Å²) in [6, 6.07) is 2.11. The monoisotopic (exact) mass is 138 g/mol. The van der Waals surface area contributed by atoms with E-state index >= 15 is 0 Å². The first-order valence-electron chi connectivity index (χ1n) is 4.01. The molecule has 0 unspecified atom stereocenters. The Labute approximate surface area is 62.2 Å². The van der Waals surface area contributed by atoms with Crippen LogP contribution in [0.5, 0.6) is 0 Å². The Balaban J connectivity index is 1.81. The molecule has 0 aromatic heterocycles. The van der Waals surface area contributed by atoms with Gasteiger partial charge in [0.2, 0.25) is 0 Å². The molecule has 2 nitrogen and oxygen atoms in total. The van der Waals surface area contributed by atoms with Gasteiger partial charge in [0.25, 0.3) is 0 Å². The maximum absolute atomic E-state index is 8.21. The summed E-state index contributed by atoms with van der Waals surface area (Å²) >= 11 is 0. The van der Waals surface area contributed by atoms with Crippen molar-refractivity contribution < 1.29 is 0 Å². The summed E-state index contributed by atoms with van der Waals surface area (Å²) in [7, 11) is 0. The predicted octanol–water partition coefficient (Wildman–Crippen LogP) is 1.29. The van der Waals surface area contributed by atoms with Gasteiger partial charge in [-0.2, -0.15) is 5.26 Å². The quantitative estimate of drug-likeness (QED) is 0.594. The van der Waals surface area contributed by atoms with E-state index in [2.05, 4.69) is 11.4 Å². The van der Waals surface area contributed by atoms with Crippen LogP contribution in [0.15, 0.2) is 0 Å². The zero-order chi connectivity index (χ0) is 7.23. The third-order valence-electron chi connectivity index (χ3n) is 2.07. The zero-order valence-corrected chi connectivity index (χ0v) is 6.27. The van der Waals surface area contributed by atoms with Gasteiger partial charge in [-0.25, -0.2) is 0 Å². The van der Waals surface area contributed by atoms with Crippen molar-refractivity contribution in [3.63, 3.8) is 0 Å². The standard InChI is InChI=1S/C8H14N2/c9-5-2-6-10-7-8-3-1-4-8/h8,10H,1-4,6-7H2. The molecule has 1 rings (SSSR count). The van der Waals surface area contributed by atoms with E-state index in [0.717, 1.165) is 19.0 Å². The third-order valence-corrected chi connectivity index (χ3v) is 2.07. The largest absolute Gasteiger partial charge is 0.315 e. The fourth-order valence-electron chi connectivity index (χ4n) is 1.15. The van der Waals surface area contributed by atoms with Crippen molar-refractivity contribution in [3.8, 4) is 6.07 Å². The van der Waals surface area contributed by atoms with Gasteiger partial charge in [-0.15, -0.1) is 0 Å². The number of rotatable bonds is 4. The minimum Gasteiger partial charge on any atom is -0.315 e. The molecule has 0 bridgehead atoms. The SMILES string of the molecule is N#CCCNCC1CCC1. The smallest absolute Gasteiger partial charge is 0.0635 e. The van der Waals surface area contributed by atoms with E-state index in [1.807, 2.05) is 0 Å². The second kappa shape index (κ2) is 4.29. The minimum atomic E-state index is 0.646. The molecule has 2 heteroatoms. The molecular weight excluding hydrogens is 124 g/mol. The van der Waals surface area contributed by atoms with E-state index in [9.17, 15) is 0 Å². The van der Waals surface area contributed by atoms with Gasteiger partial charge < -0.3 is 5.32 Å². The molecular formula is C8H14N2. The maximum atomic E-state index is 8.21. The van der Waals surface area contributed by atoms with Crippen molar-refractivity contribution in [1.29, 1.82) is 5.26 Å². The molecule has 0 radical (unpaired) electrons. The van der Waals surface area contributed by atoms with Gasteiger partial charge in [-0.05, 0) is 25.3 Å². The average molecular weight is 138 g/mol. The lowest BCUT2D eigenvalue weighted by molar-refractivity contribution is 0.303. The first-order valence-corrected chi connectivity index (χ1v) is 4.01. The van der Waals surface area contributed by atoms with Gasteiger partial charge in [0.1, 0.15) is 0 Å². The van der Waals surface area contributed by atoms with Crippen LogP contribution in [-0.2, 0) is 0 Å². The highest BCUT2D eigenvalue weighted by Crippen LogP contribution is 2.24. The summed E-state index contributed by atoms with van der Waals surface area (Å²) in [6.07, 6.45) is 4.83. The van der Waals surface area contributed by atoms with Crippen molar-refractivity contribution in [3.05, 3.63) is 0 Å². The molecule has 0 saturated heterocycles. The van der Waals surface area contributed by atoms with E-state index in [4.69, 9.17) is 5.26 Å². The summed E-state index contributed by atoms with van der Waals surface area (Å²) in [5.41, 5.74) is 0. The van der Waals surface area contributed by atoms with Crippen LogP contribution in [-0.4, -0.2) is 13.1 Å². The molecule has 10 heavy (non-hydrogen) atoms. The number of hydrogen-bond acceptors (Lipinski definition) is 2. The van der Waals surface area contributed by atoms with Crippen molar-refractivity contribution in [2.24, 2.45) is 5.92 Å². The lowest BCUT2D eigenvalue weighted by atomic mass is 9.85. The molecule has 1 N–H and O–H groups in total. The highest BCUT2D eigenvalue weighted by molar-refractivity contribution is 4.74. The molecule has 0 heterocycles. The molecule has 1 fully saturated rings. The van der Waals surface area contributed by atoms with Gasteiger partial charge in [-0.1, -0.05) is 6.42 Å². The van der Waals surface area contributed by atoms with Crippen molar-refractivity contribution in [2.45, 2.75) is 25.7 Å².